The quantitative estimate of drug-likeness (QED) is 0.704. The van der Waals surface area contributed by atoms with E-state index in [9.17, 15) is 9.59 Å². The van der Waals surface area contributed by atoms with Crippen LogP contribution in [0.25, 0.3) is 0 Å². The van der Waals surface area contributed by atoms with Gasteiger partial charge in [0.25, 0.3) is 5.91 Å². The number of para-hydroxylation sites is 1. The predicted octanol–water partition coefficient (Wildman–Crippen LogP) is 4.13. The Labute approximate surface area is 192 Å². The van der Waals surface area contributed by atoms with Gasteiger partial charge in [0.15, 0.2) is 0 Å². The maximum absolute atomic E-state index is 13.1. The molecular weight excluding hydrogens is 435 g/mol. The second-order valence-electron chi connectivity index (χ2n) is 7.25. The van der Waals surface area contributed by atoms with Crippen LogP contribution < -0.4 is 10.2 Å². The van der Waals surface area contributed by atoms with E-state index in [2.05, 4.69) is 10.2 Å². The fourth-order valence-corrected chi connectivity index (χ4v) is 4.07. The minimum atomic E-state index is -0.999. The lowest BCUT2D eigenvalue weighted by Crippen LogP contribution is -2.46. The highest BCUT2D eigenvalue weighted by atomic mass is 35.5. The van der Waals surface area contributed by atoms with Crippen molar-refractivity contribution in [1.29, 1.82) is 0 Å². The largest absolute Gasteiger partial charge is 0.357 e. The SMILES string of the molecule is CCN(CC)C1=NC(NC(=O)CCc2ccc(Cl)cc2Cl)C(=O)N(C)c2ccccc21. The van der Waals surface area contributed by atoms with Gasteiger partial charge in [-0.1, -0.05) is 41.4 Å². The first-order valence-electron chi connectivity index (χ1n) is 10.3. The number of likely N-dealkylation sites (N-methyl/N-ethyl adjacent to an activating group) is 1. The number of nitrogens with one attached hydrogen (secondary N) is 1. The van der Waals surface area contributed by atoms with Crippen LogP contribution in [0.1, 0.15) is 31.4 Å². The standard InChI is InChI=1S/C23H26Cl2N4O2/c1-4-29(5-2)22-17-8-6-7-9-19(17)28(3)23(31)21(27-22)26-20(30)13-11-15-10-12-16(24)14-18(15)25/h6-10,12,14,21H,4-5,11,13H2,1-3H3,(H,26,30). The molecule has 0 saturated heterocycles. The zero-order valence-electron chi connectivity index (χ0n) is 17.9. The second kappa shape index (κ2) is 10.2. The highest BCUT2D eigenvalue weighted by molar-refractivity contribution is 6.35. The van der Waals surface area contributed by atoms with Crippen LogP contribution in [-0.4, -0.2) is 48.9 Å². The number of hydrogen-bond acceptors (Lipinski definition) is 4. The maximum Gasteiger partial charge on any atom is 0.272 e. The lowest BCUT2D eigenvalue weighted by Gasteiger charge is -2.24. The van der Waals surface area contributed by atoms with Gasteiger partial charge in [0.2, 0.25) is 12.1 Å². The lowest BCUT2D eigenvalue weighted by molar-refractivity contribution is -0.127. The Morgan fingerprint density at radius 3 is 2.55 bits per heavy atom. The molecule has 1 aliphatic rings. The third-order valence-corrected chi connectivity index (χ3v) is 5.91. The van der Waals surface area contributed by atoms with E-state index < -0.39 is 6.17 Å². The Balaban J connectivity index is 1.83. The van der Waals surface area contributed by atoms with Crippen LogP contribution in [-0.2, 0) is 16.0 Å². The number of aryl methyl sites for hydroxylation is 1. The molecule has 1 unspecified atom stereocenters. The fraction of sp³-hybridized carbons (Fsp3) is 0.348. The summed E-state index contributed by atoms with van der Waals surface area (Å²) in [5.74, 6) is 0.142. The number of amides is 2. The van der Waals surface area contributed by atoms with E-state index in [1.54, 1.807) is 30.1 Å². The number of anilines is 1. The fourth-order valence-electron chi connectivity index (χ4n) is 3.57. The summed E-state index contributed by atoms with van der Waals surface area (Å²) in [5, 5.41) is 3.86. The van der Waals surface area contributed by atoms with Crippen LogP contribution in [0.3, 0.4) is 0 Å². The van der Waals surface area contributed by atoms with Crippen molar-refractivity contribution < 1.29 is 9.59 Å². The molecule has 164 valence electrons. The monoisotopic (exact) mass is 460 g/mol. The number of nitrogens with zero attached hydrogens (tertiary/aromatic N) is 3. The molecule has 0 saturated carbocycles. The molecule has 2 amide bonds. The van der Waals surface area contributed by atoms with Gasteiger partial charge in [0, 0.05) is 42.2 Å². The molecule has 0 radical (unpaired) electrons. The van der Waals surface area contributed by atoms with Crippen molar-refractivity contribution in [2.24, 2.45) is 4.99 Å². The van der Waals surface area contributed by atoms with Crippen molar-refractivity contribution in [3.8, 4) is 0 Å². The van der Waals surface area contributed by atoms with Gasteiger partial charge >= 0.3 is 0 Å². The maximum atomic E-state index is 13.1. The highest BCUT2D eigenvalue weighted by Gasteiger charge is 2.31. The summed E-state index contributed by atoms with van der Waals surface area (Å²) in [6.45, 7) is 5.54. The summed E-state index contributed by atoms with van der Waals surface area (Å²) in [6.07, 6.45) is -0.384. The van der Waals surface area contributed by atoms with Gasteiger partial charge in [-0.05, 0) is 50.1 Å². The van der Waals surface area contributed by atoms with E-state index in [4.69, 9.17) is 28.2 Å². The normalized spacial score (nSPS) is 15.8. The molecule has 3 rings (SSSR count). The number of carbonyl (C=O) groups is 2. The number of halogens is 2. The minimum Gasteiger partial charge on any atom is -0.357 e. The number of hydrogen-bond donors (Lipinski definition) is 1. The van der Waals surface area contributed by atoms with Gasteiger partial charge in [-0.2, -0.15) is 0 Å². The van der Waals surface area contributed by atoms with E-state index >= 15 is 0 Å². The van der Waals surface area contributed by atoms with Gasteiger partial charge in [-0.15, -0.1) is 0 Å². The molecule has 0 fully saturated rings. The van der Waals surface area contributed by atoms with E-state index in [1.807, 2.05) is 38.1 Å². The lowest BCUT2D eigenvalue weighted by atomic mass is 10.1. The van der Waals surface area contributed by atoms with Crippen LogP contribution in [0.2, 0.25) is 10.0 Å². The Morgan fingerprint density at radius 2 is 1.87 bits per heavy atom. The molecular formula is C23H26Cl2N4O2. The van der Waals surface area contributed by atoms with Crippen molar-refractivity contribution in [2.45, 2.75) is 32.9 Å². The first kappa shape index (κ1) is 23.1. The zero-order chi connectivity index (χ0) is 22.5. The van der Waals surface area contributed by atoms with Gasteiger partial charge in [-0.25, -0.2) is 4.99 Å². The average Bonchev–Trinajstić information content (AvgIpc) is 2.85. The summed E-state index contributed by atoms with van der Waals surface area (Å²) in [4.78, 5) is 34.1. The number of aliphatic imine (C=N–C) groups is 1. The molecule has 1 N–H and O–H groups in total. The second-order valence-corrected chi connectivity index (χ2v) is 8.09. The first-order valence-corrected chi connectivity index (χ1v) is 11.0. The third-order valence-electron chi connectivity index (χ3n) is 5.32. The minimum absolute atomic E-state index is 0.178. The van der Waals surface area contributed by atoms with Gasteiger partial charge in [-0.3, -0.25) is 9.59 Å². The molecule has 6 nitrogen and oxygen atoms in total. The Hall–Kier alpha value is -2.57. The summed E-state index contributed by atoms with van der Waals surface area (Å²) in [7, 11) is 1.70. The molecule has 0 spiro atoms. The molecule has 2 aromatic carbocycles. The van der Waals surface area contributed by atoms with Crippen LogP contribution in [0.5, 0.6) is 0 Å². The molecule has 2 aromatic rings. The molecule has 0 bridgehead atoms. The molecule has 8 heteroatoms. The number of benzene rings is 2. The van der Waals surface area contributed by atoms with Gasteiger partial charge in [0.05, 0.1) is 5.69 Å². The summed E-state index contributed by atoms with van der Waals surface area (Å²) in [5.41, 5.74) is 2.46. The molecule has 0 aliphatic carbocycles. The molecule has 1 atom stereocenters. The number of rotatable bonds is 6. The van der Waals surface area contributed by atoms with Crippen LogP contribution in [0.4, 0.5) is 5.69 Å². The summed E-state index contributed by atoms with van der Waals surface area (Å²) >= 11 is 12.1. The molecule has 1 aliphatic heterocycles. The number of amidine groups is 1. The van der Waals surface area contributed by atoms with Gasteiger partial charge < -0.3 is 15.1 Å². The Kier molecular flexibility index (Phi) is 7.57. The van der Waals surface area contributed by atoms with Crippen molar-refractivity contribution in [3.63, 3.8) is 0 Å². The average molecular weight is 461 g/mol. The van der Waals surface area contributed by atoms with Crippen molar-refractivity contribution >= 4 is 46.5 Å². The van der Waals surface area contributed by atoms with Crippen LogP contribution in [0.15, 0.2) is 47.5 Å². The van der Waals surface area contributed by atoms with E-state index in [0.29, 0.717) is 22.3 Å². The summed E-state index contributed by atoms with van der Waals surface area (Å²) in [6, 6.07) is 12.8. The van der Waals surface area contributed by atoms with Crippen molar-refractivity contribution in [1.82, 2.24) is 10.2 Å². The zero-order valence-corrected chi connectivity index (χ0v) is 19.4. The molecule has 31 heavy (non-hydrogen) atoms. The molecule has 1 heterocycles. The van der Waals surface area contributed by atoms with E-state index in [1.165, 1.54) is 0 Å². The molecule has 0 aromatic heterocycles. The van der Waals surface area contributed by atoms with Crippen LogP contribution in [0, 0.1) is 0 Å². The topological polar surface area (TPSA) is 65.0 Å². The Morgan fingerprint density at radius 1 is 1.16 bits per heavy atom. The van der Waals surface area contributed by atoms with Crippen LogP contribution >= 0.6 is 23.2 Å². The van der Waals surface area contributed by atoms with E-state index in [0.717, 1.165) is 29.9 Å². The van der Waals surface area contributed by atoms with E-state index in [-0.39, 0.29) is 18.2 Å². The van der Waals surface area contributed by atoms with Crippen molar-refractivity contribution in [3.05, 3.63) is 63.6 Å². The first-order chi connectivity index (χ1) is 14.8. The number of fused-ring (bicyclic) bond motifs is 1. The van der Waals surface area contributed by atoms with Gasteiger partial charge in [0.1, 0.15) is 5.84 Å². The number of benzodiazepines with no additional fused rings is 1. The Bertz CT molecular complexity index is 1000. The predicted molar refractivity (Wildman–Crippen MR) is 126 cm³/mol. The highest BCUT2D eigenvalue weighted by Crippen LogP contribution is 2.26. The van der Waals surface area contributed by atoms with Crippen molar-refractivity contribution in [2.75, 3.05) is 25.0 Å². The smallest absolute Gasteiger partial charge is 0.272 e. The number of carbonyl (C=O) groups excluding carboxylic acids is 2. The summed E-state index contributed by atoms with van der Waals surface area (Å²) < 4.78 is 0. The third kappa shape index (κ3) is 5.20.